The fourth-order valence-electron chi connectivity index (χ4n) is 1.39. The molecule has 0 radical (unpaired) electrons. The van der Waals surface area contributed by atoms with Crippen molar-refractivity contribution in [1.82, 2.24) is 19.6 Å². The van der Waals surface area contributed by atoms with Gasteiger partial charge < -0.3 is 15.6 Å². The molecule has 3 N–H and O–H groups in total. The number of carboxylic acid groups (broad SMARTS) is 2. The molecule has 2 aromatic heterocycles. The molecule has 2 heterocycles. The third-order valence-electron chi connectivity index (χ3n) is 2.18. The lowest BCUT2D eigenvalue weighted by Crippen LogP contribution is -2.36. The first-order valence-corrected chi connectivity index (χ1v) is 4.92. The van der Waals surface area contributed by atoms with Crippen LogP contribution in [0.5, 0.6) is 0 Å². The zero-order valence-corrected chi connectivity index (χ0v) is 9.02. The zero-order chi connectivity index (χ0) is 13.1. The fourth-order valence-corrected chi connectivity index (χ4v) is 1.39. The molecular weight excluding hydrogens is 242 g/mol. The van der Waals surface area contributed by atoms with E-state index in [2.05, 4.69) is 20.4 Å². The number of fused-ring (bicyclic) bond motifs is 1. The summed E-state index contributed by atoms with van der Waals surface area (Å²) in [5, 5.41) is 17.5. The minimum absolute atomic E-state index is 0.377. The number of hydrogen-bond acceptors (Lipinski definition) is 6. The van der Waals surface area contributed by atoms with Crippen LogP contribution in [0.3, 0.4) is 0 Å². The second-order valence-corrected chi connectivity index (χ2v) is 3.46. The van der Waals surface area contributed by atoms with Gasteiger partial charge in [0, 0.05) is 0 Å². The van der Waals surface area contributed by atoms with Crippen LogP contribution < -0.4 is 5.43 Å². The third kappa shape index (κ3) is 2.34. The van der Waals surface area contributed by atoms with Gasteiger partial charge in [-0.3, -0.25) is 4.79 Å². The summed E-state index contributed by atoms with van der Waals surface area (Å²) >= 11 is 0. The molecule has 2 rings (SSSR count). The summed E-state index contributed by atoms with van der Waals surface area (Å²) in [6.07, 6.45) is 3.51. The highest BCUT2D eigenvalue weighted by molar-refractivity contribution is 5.82. The molecule has 0 bridgehead atoms. The van der Waals surface area contributed by atoms with Crippen molar-refractivity contribution in [2.24, 2.45) is 0 Å². The molecule has 2 aromatic rings. The number of rotatable bonds is 5. The van der Waals surface area contributed by atoms with Crippen molar-refractivity contribution in [3.8, 4) is 0 Å². The molecule has 0 aliphatic carbocycles. The van der Waals surface area contributed by atoms with Crippen molar-refractivity contribution in [3.63, 3.8) is 0 Å². The smallest absolute Gasteiger partial charge is 0.328 e. The van der Waals surface area contributed by atoms with Crippen LogP contribution in [-0.2, 0) is 9.59 Å². The molecule has 0 saturated heterocycles. The first kappa shape index (κ1) is 11.8. The van der Waals surface area contributed by atoms with Gasteiger partial charge in [0.15, 0.2) is 5.65 Å². The summed E-state index contributed by atoms with van der Waals surface area (Å²) in [7, 11) is 0. The minimum atomic E-state index is -1.27. The van der Waals surface area contributed by atoms with Gasteiger partial charge in [-0.25, -0.2) is 24.4 Å². The molecule has 9 heteroatoms. The largest absolute Gasteiger partial charge is 0.481 e. The highest BCUT2D eigenvalue weighted by atomic mass is 16.4. The second kappa shape index (κ2) is 4.65. The average Bonchev–Trinajstić information content (AvgIpc) is 2.71. The van der Waals surface area contributed by atoms with Crippen LogP contribution >= 0.6 is 0 Å². The van der Waals surface area contributed by atoms with Gasteiger partial charge in [0.05, 0.1) is 12.6 Å². The van der Waals surface area contributed by atoms with E-state index in [1.807, 2.05) is 0 Å². The van der Waals surface area contributed by atoms with Crippen LogP contribution in [0, 0.1) is 0 Å². The lowest BCUT2D eigenvalue weighted by molar-refractivity contribution is -0.144. The first-order chi connectivity index (χ1) is 8.58. The number of carbonyl (C=O) groups is 2. The van der Waals surface area contributed by atoms with Crippen molar-refractivity contribution in [3.05, 3.63) is 18.9 Å². The fraction of sp³-hybridized carbons (Fsp3) is 0.222. The highest BCUT2D eigenvalue weighted by Gasteiger charge is 2.21. The number of aliphatic carboxylic acids is 2. The van der Waals surface area contributed by atoms with Gasteiger partial charge in [-0.05, 0) is 0 Å². The molecular formula is C9H9N5O4. The lowest BCUT2D eigenvalue weighted by atomic mass is 10.2. The Kier molecular flexibility index (Phi) is 3.04. The van der Waals surface area contributed by atoms with E-state index in [4.69, 9.17) is 10.2 Å². The normalized spacial score (nSPS) is 12.2. The SMILES string of the molecule is O=C(O)C[C@H](Nn1cnc2cncnc21)C(=O)O. The summed E-state index contributed by atoms with van der Waals surface area (Å²) < 4.78 is 1.26. The standard InChI is InChI=1S/C9H9N5O4/c15-7(16)1-5(9(17)18)13-14-4-12-6-2-10-3-11-8(6)14/h2-5,13H,1H2,(H,15,16)(H,17,18)/t5-/m0/s1. The van der Waals surface area contributed by atoms with Crippen LogP contribution in [0.15, 0.2) is 18.9 Å². The zero-order valence-electron chi connectivity index (χ0n) is 9.02. The summed E-state index contributed by atoms with van der Waals surface area (Å²) in [4.78, 5) is 33.1. The van der Waals surface area contributed by atoms with Gasteiger partial charge in [-0.1, -0.05) is 0 Å². The monoisotopic (exact) mass is 251 g/mol. The Morgan fingerprint density at radius 2 is 2.17 bits per heavy atom. The van der Waals surface area contributed by atoms with Gasteiger partial charge in [0.25, 0.3) is 0 Å². The summed E-state index contributed by atoms with van der Waals surface area (Å²) in [6, 6.07) is -1.27. The number of aromatic nitrogens is 4. The van der Waals surface area contributed by atoms with Crippen LogP contribution in [0.2, 0.25) is 0 Å². The Hall–Kier alpha value is -2.71. The molecule has 0 unspecified atom stereocenters. The second-order valence-electron chi connectivity index (χ2n) is 3.46. The molecule has 0 amide bonds. The van der Waals surface area contributed by atoms with E-state index in [9.17, 15) is 9.59 Å². The first-order valence-electron chi connectivity index (χ1n) is 4.92. The number of imidazole rings is 1. The van der Waals surface area contributed by atoms with Gasteiger partial charge in [-0.15, -0.1) is 0 Å². The van der Waals surface area contributed by atoms with E-state index < -0.39 is 24.4 Å². The maximum Gasteiger partial charge on any atom is 0.328 e. The Morgan fingerprint density at radius 1 is 1.39 bits per heavy atom. The molecule has 0 aliphatic heterocycles. The van der Waals surface area contributed by atoms with Crippen molar-refractivity contribution in [1.29, 1.82) is 0 Å². The average molecular weight is 251 g/mol. The van der Waals surface area contributed by atoms with Crippen LogP contribution in [0.1, 0.15) is 6.42 Å². The Morgan fingerprint density at radius 3 is 2.83 bits per heavy atom. The molecule has 0 spiro atoms. The maximum atomic E-state index is 10.9. The van der Waals surface area contributed by atoms with E-state index in [1.165, 1.54) is 23.5 Å². The van der Waals surface area contributed by atoms with Crippen LogP contribution in [-0.4, -0.2) is 47.8 Å². The van der Waals surface area contributed by atoms with Gasteiger partial charge in [0.2, 0.25) is 0 Å². The Labute approximate surface area is 100 Å². The number of carboxylic acids is 2. The Bertz CT molecular complexity index is 595. The topological polar surface area (TPSA) is 130 Å². The lowest BCUT2D eigenvalue weighted by Gasteiger charge is -2.14. The van der Waals surface area contributed by atoms with Crippen LogP contribution in [0.4, 0.5) is 0 Å². The van der Waals surface area contributed by atoms with Crippen molar-refractivity contribution >= 4 is 23.1 Å². The van der Waals surface area contributed by atoms with Gasteiger partial charge in [-0.2, -0.15) is 0 Å². The molecule has 0 saturated carbocycles. The quantitative estimate of drug-likeness (QED) is 0.635. The van der Waals surface area contributed by atoms with E-state index in [-0.39, 0.29) is 0 Å². The van der Waals surface area contributed by atoms with Gasteiger partial charge in [0.1, 0.15) is 24.2 Å². The summed E-state index contributed by atoms with van der Waals surface area (Å²) in [5.74, 6) is -2.48. The molecule has 0 aliphatic rings. The van der Waals surface area contributed by atoms with E-state index in [1.54, 1.807) is 0 Å². The molecule has 0 aromatic carbocycles. The van der Waals surface area contributed by atoms with E-state index >= 15 is 0 Å². The minimum Gasteiger partial charge on any atom is -0.481 e. The van der Waals surface area contributed by atoms with Crippen molar-refractivity contribution in [2.45, 2.75) is 12.5 Å². The Balaban J connectivity index is 2.26. The number of nitrogens with one attached hydrogen (secondary N) is 1. The molecule has 0 fully saturated rings. The third-order valence-corrected chi connectivity index (χ3v) is 2.18. The summed E-state index contributed by atoms with van der Waals surface area (Å²) in [5.41, 5.74) is 3.37. The van der Waals surface area contributed by atoms with E-state index in [0.717, 1.165) is 0 Å². The number of hydrogen-bond donors (Lipinski definition) is 3. The van der Waals surface area contributed by atoms with Crippen molar-refractivity contribution in [2.75, 3.05) is 5.43 Å². The predicted octanol–water partition coefficient (Wildman–Crippen LogP) is -0.702. The predicted molar refractivity (Wildman–Crippen MR) is 58.4 cm³/mol. The molecule has 94 valence electrons. The molecule has 9 nitrogen and oxygen atoms in total. The van der Waals surface area contributed by atoms with Crippen LogP contribution in [0.25, 0.3) is 11.2 Å². The van der Waals surface area contributed by atoms with E-state index in [0.29, 0.717) is 11.2 Å². The summed E-state index contributed by atoms with van der Waals surface area (Å²) in [6.45, 7) is 0. The van der Waals surface area contributed by atoms with Gasteiger partial charge >= 0.3 is 11.9 Å². The maximum absolute atomic E-state index is 10.9. The highest BCUT2D eigenvalue weighted by Crippen LogP contribution is 2.06. The van der Waals surface area contributed by atoms with Crippen molar-refractivity contribution < 1.29 is 19.8 Å². The molecule has 18 heavy (non-hydrogen) atoms. The number of nitrogens with zero attached hydrogens (tertiary/aromatic N) is 4. The molecule has 1 atom stereocenters.